The van der Waals surface area contributed by atoms with Gasteiger partial charge in [0.1, 0.15) is 15.8 Å². The third-order valence-corrected chi connectivity index (χ3v) is 6.21. The van der Waals surface area contributed by atoms with Crippen molar-refractivity contribution in [1.82, 2.24) is 4.98 Å². The molecule has 0 aliphatic heterocycles. The summed E-state index contributed by atoms with van der Waals surface area (Å²) in [6.07, 6.45) is 1.47. The van der Waals surface area contributed by atoms with Crippen LogP contribution in [0.15, 0.2) is 58.9 Å². The Bertz CT molecular complexity index is 967. The Balaban J connectivity index is 1.71. The first kappa shape index (κ1) is 17.2. The molecule has 0 bridgehead atoms. The lowest BCUT2D eigenvalue weighted by Gasteiger charge is -2.09. The lowest BCUT2D eigenvalue weighted by atomic mass is 10.3. The van der Waals surface area contributed by atoms with Gasteiger partial charge < -0.3 is 10.1 Å². The number of nitrogens with one attached hydrogen (secondary N) is 2. The number of methoxy groups -OCH3 is 1. The first-order valence-electron chi connectivity index (χ1n) is 7.43. The van der Waals surface area contributed by atoms with E-state index in [-0.39, 0.29) is 4.21 Å². The summed E-state index contributed by atoms with van der Waals surface area (Å²) < 4.78 is 32.6. The summed E-state index contributed by atoms with van der Waals surface area (Å²) in [6, 6.07) is 14.2. The molecule has 1 aromatic carbocycles. The van der Waals surface area contributed by atoms with Crippen LogP contribution in [0, 0.1) is 6.92 Å². The first-order chi connectivity index (χ1) is 12.0. The molecule has 3 rings (SSSR count). The van der Waals surface area contributed by atoms with Crippen LogP contribution in [0.25, 0.3) is 0 Å². The molecule has 2 heterocycles. The number of anilines is 3. The van der Waals surface area contributed by atoms with E-state index >= 15 is 0 Å². The normalized spacial score (nSPS) is 11.1. The molecule has 0 radical (unpaired) electrons. The number of hydrogen-bond acceptors (Lipinski definition) is 6. The van der Waals surface area contributed by atoms with E-state index in [0.29, 0.717) is 11.5 Å². The molecule has 0 amide bonds. The fourth-order valence-electron chi connectivity index (χ4n) is 2.14. The lowest BCUT2D eigenvalue weighted by molar-refractivity contribution is 0.415. The van der Waals surface area contributed by atoms with Crippen molar-refractivity contribution in [2.45, 2.75) is 11.1 Å². The van der Waals surface area contributed by atoms with Crippen LogP contribution in [-0.4, -0.2) is 20.5 Å². The van der Waals surface area contributed by atoms with Gasteiger partial charge in [-0.15, -0.1) is 11.3 Å². The van der Waals surface area contributed by atoms with Crippen molar-refractivity contribution < 1.29 is 13.2 Å². The highest BCUT2D eigenvalue weighted by molar-refractivity contribution is 7.94. The van der Waals surface area contributed by atoms with Gasteiger partial charge >= 0.3 is 0 Å². The molecule has 130 valence electrons. The third kappa shape index (κ3) is 4.28. The van der Waals surface area contributed by atoms with Gasteiger partial charge in [-0.1, -0.05) is 6.07 Å². The van der Waals surface area contributed by atoms with Gasteiger partial charge in [-0.05, 0) is 43.3 Å². The molecule has 3 aromatic rings. The molecular formula is C17H17N3O3S2. The molecule has 2 N–H and O–H groups in total. The van der Waals surface area contributed by atoms with Gasteiger partial charge in [-0.2, -0.15) is 0 Å². The second-order valence-electron chi connectivity index (χ2n) is 5.26. The van der Waals surface area contributed by atoms with E-state index in [1.807, 2.05) is 31.2 Å². The fourth-order valence-corrected chi connectivity index (χ4v) is 4.47. The van der Waals surface area contributed by atoms with E-state index in [2.05, 4.69) is 15.0 Å². The molecule has 0 spiro atoms. The van der Waals surface area contributed by atoms with Crippen LogP contribution >= 0.6 is 11.3 Å². The molecule has 0 fully saturated rings. The van der Waals surface area contributed by atoms with Crippen molar-refractivity contribution in [2.24, 2.45) is 0 Å². The van der Waals surface area contributed by atoms with Crippen molar-refractivity contribution in [3.63, 3.8) is 0 Å². The van der Waals surface area contributed by atoms with E-state index in [1.165, 1.54) is 17.5 Å². The summed E-state index contributed by atoms with van der Waals surface area (Å²) in [7, 11) is -1.98. The summed E-state index contributed by atoms with van der Waals surface area (Å²) in [4.78, 5) is 5.18. The molecule has 25 heavy (non-hydrogen) atoms. The van der Waals surface area contributed by atoms with Crippen LogP contribution in [0.1, 0.15) is 4.88 Å². The van der Waals surface area contributed by atoms with Crippen LogP contribution in [0.4, 0.5) is 17.2 Å². The standard InChI is InChI=1S/C17H17N3O3S2/c1-12-6-9-17(24-12)25(21,22)20-14-7-8-16(18-11-14)19-13-4-3-5-15(10-13)23-2/h3-11,20H,1-2H3,(H,18,19). The maximum Gasteiger partial charge on any atom is 0.271 e. The number of hydrogen-bond donors (Lipinski definition) is 2. The van der Waals surface area contributed by atoms with Crippen molar-refractivity contribution in [3.05, 3.63) is 59.6 Å². The predicted molar refractivity (Wildman–Crippen MR) is 100 cm³/mol. The summed E-state index contributed by atoms with van der Waals surface area (Å²) in [5.74, 6) is 1.34. The third-order valence-electron chi connectivity index (χ3n) is 3.34. The monoisotopic (exact) mass is 375 g/mol. The number of rotatable bonds is 6. The predicted octanol–water partition coefficient (Wildman–Crippen LogP) is 4.00. The number of benzene rings is 1. The van der Waals surface area contributed by atoms with Crippen LogP contribution in [0.3, 0.4) is 0 Å². The first-order valence-corrected chi connectivity index (χ1v) is 9.73. The minimum atomic E-state index is -3.58. The average Bonchev–Trinajstić information content (AvgIpc) is 3.04. The Kier molecular flexibility index (Phi) is 4.91. The molecule has 0 unspecified atom stereocenters. The SMILES string of the molecule is COc1cccc(Nc2ccc(NS(=O)(=O)c3ccc(C)s3)cn2)c1. The molecule has 0 aliphatic rings. The van der Waals surface area contributed by atoms with Crippen LogP contribution < -0.4 is 14.8 Å². The van der Waals surface area contributed by atoms with Crippen molar-refractivity contribution in [3.8, 4) is 5.75 Å². The molecule has 2 aromatic heterocycles. The van der Waals surface area contributed by atoms with Crippen molar-refractivity contribution in [1.29, 1.82) is 0 Å². The smallest absolute Gasteiger partial charge is 0.271 e. The van der Waals surface area contributed by atoms with E-state index in [0.717, 1.165) is 16.3 Å². The second kappa shape index (κ2) is 7.12. The molecule has 8 heteroatoms. The Morgan fingerprint density at radius 3 is 2.56 bits per heavy atom. The number of aryl methyl sites for hydroxylation is 1. The zero-order chi connectivity index (χ0) is 17.9. The summed E-state index contributed by atoms with van der Waals surface area (Å²) >= 11 is 1.23. The maximum absolute atomic E-state index is 12.3. The van der Waals surface area contributed by atoms with E-state index < -0.39 is 10.0 Å². The number of thiophene rings is 1. The minimum Gasteiger partial charge on any atom is -0.497 e. The molecular weight excluding hydrogens is 358 g/mol. The maximum atomic E-state index is 12.3. The number of sulfonamides is 1. The van der Waals surface area contributed by atoms with E-state index in [9.17, 15) is 8.42 Å². The summed E-state index contributed by atoms with van der Waals surface area (Å²) in [5.41, 5.74) is 1.23. The van der Waals surface area contributed by atoms with Gasteiger partial charge in [0, 0.05) is 16.6 Å². The largest absolute Gasteiger partial charge is 0.497 e. The van der Waals surface area contributed by atoms with Gasteiger partial charge in [0.25, 0.3) is 10.0 Å². The van der Waals surface area contributed by atoms with Crippen molar-refractivity contribution >= 4 is 38.6 Å². The molecule has 0 atom stereocenters. The quantitative estimate of drug-likeness (QED) is 0.680. The highest BCUT2D eigenvalue weighted by Gasteiger charge is 2.16. The fraction of sp³-hybridized carbons (Fsp3) is 0.118. The molecule has 0 aliphatic carbocycles. The zero-order valence-electron chi connectivity index (χ0n) is 13.7. The Morgan fingerprint density at radius 1 is 1.08 bits per heavy atom. The van der Waals surface area contributed by atoms with Gasteiger partial charge in [0.05, 0.1) is 19.0 Å². The number of pyridine rings is 1. The topological polar surface area (TPSA) is 80.3 Å². The highest BCUT2D eigenvalue weighted by Crippen LogP contribution is 2.24. The van der Waals surface area contributed by atoms with Gasteiger partial charge in [0.15, 0.2) is 0 Å². The van der Waals surface area contributed by atoms with Crippen molar-refractivity contribution in [2.75, 3.05) is 17.1 Å². The zero-order valence-corrected chi connectivity index (χ0v) is 15.3. The lowest BCUT2D eigenvalue weighted by Crippen LogP contribution is -2.11. The molecule has 6 nitrogen and oxygen atoms in total. The average molecular weight is 375 g/mol. The van der Waals surface area contributed by atoms with E-state index in [4.69, 9.17) is 4.74 Å². The summed E-state index contributed by atoms with van der Waals surface area (Å²) in [5, 5.41) is 3.14. The number of aromatic nitrogens is 1. The van der Waals surface area contributed by atoms with Crippen LogP contribution in [-0.2, 0) is 10.0 Å². The van der Waals surface area contributed by atoms with E-state index in [1.54, 1.807) is 31.4 Å². The number of nitrogens with zero attached hydrogens (tertiary/aromatic N) is 1. The minimum absolute atomic E-state index is 0.281. The highest BCUT2D eigenvalue weighted by atomic mass is 32.2. The molecule has 0 saturated heterocycles. The number of ether oxygens (including phenoxy) is 1. The second-order valence-corrected chi connectivity index (χ2v) is 8.46. The summed E-state index contributed by atoms with van der Waals surface area (Å²) in [6.45, 7) is 1.87. The Morgan fingerprint density at radius 2 is 1.92 bits per heavy atom. The van der Waals surface area contributed by atoms with Crippen LogP contribution in [0.2, 0.25) is 0 Å². The Labute approximate surface area is 150 Å². The Hall–Kier alpha value is -2.58. The van der Waals surface area contributed by atoms with Gasteiger partial charge in [0.2, 0.25) is 0 Å². The van der Waals surface area contributed by atoms with Gasteiger partial charge in [-0.3, -0.25) is 4.72 Å². The molecule has 0 saturated carbocycles. The van der Waals surface area contributed by atoms with Gasteiger partial charge in [-0.25, -0.2) is 13.4 Å². The van der Waals surface area contributed by atoms with Crippen LogP contribution in [0.5, 0.6) is 5.75 Å².